The molecule has 0 aromatic carbocycles. The lowest BCUT2D eigenvalue weighted by Gasteiger charge is -2.05. The van der Waals surface area contributed by atoms with E-state index >= 15 is 0 Å². The van der Waals surface area contributed by atoms with Gasteiger partial charge in [-0.2, -0.15) is 4.98 Å². The van der Waals surface area contributed by atoms with Crippen molar-refractivity contribution in [2.24, 2.45) is 0 Å². The largest absolute Gasteiger partial charge is 0.345 e. The molecule has 0 aliphatic carbocycles. The van der Waals surface area contributed by atoms with E-state index in [1.807, 2.05) is 36.1 Å². The van der Waals surface area contributed by atoms with Crippen LogP contribution in [0.4, 0.5) is 0 Å². The maximum atomic E-state index is 12.3. The van der Waals surface area contributed by atoms with Crippen LogP contribution in [0.5, 0.6) is 0 Å². The molecule has 0 radical (unpaired) electrons. The molecule has 1 N–H and O–H groups in total. The van der Waals surface area contributed by atoms with Crippen LogP contribution >= 0.6 is 11.8 Å². The van der Waals surface area contributed by atoms with Gasteiger partial charge in [0, 0.05) is 18.9 Å². The van der Waals surface area contributed by atoms with Gasteiger partial charge in [0.15, 0.2) is 0 Å². The minimum Gasteiger partial charge on any atom is -0.345 e. The molecule has 0 unspecified atom stereocenters. The van der Waals surface area contributed by atoms with Crippen molar-refractivity contribution >= 4 is 17.7 Å². The van der Waals surface area contributed by atoms with Gasteiger partial charge in [0.05, 0.1) is 17.8 Å². The summed E-state index contributed by atoms with van der Waals surface area (Å²) in [5, 5.41) is 7.44. The minimum absolute atomic E-state index is 0.168. The monoisotopic (exact) mass is 343 g/mol. The van der Waals surface area contributed by atoms with Gasteiger partial charge in [0.2, 0.25) is 11.7 Å². The first-order valence-electron chi connectivity index (χ1n) is 7.48. The predicted molar refractivity (Wildman–Crippen MR) is 90.6 cm³/mol. The van der Waals surface area contributed by atoms with E-state index in [1.165, 1.54) is 11.8 Å². The molecule has 0 aliphatic rings. The summed E-state index contributed by atoms with van der Waals surface area (Å²) < 4.78 is 7.24. The summed E-state index contributed by atoms with van der Waals surface area (Å²) in [6, 6.07) is 7.33. The fourth-order valence-corrected chi connectivity index (χ4v) is 2.85. The molecule has 7 nitrogen and oxygen atoms in total. The number of hydrogen-bond acceptors (Lipinski definition) is 6. The Balaban J connectivity index is 1.68. The van der Waals surface area contributed by atoms with Crippen molar-refractivity contribution in [3.05, 3.63) is 48.1 Å². The molecule has 0 saturated heterocycles. The van der Waals surface area contributed by atoms with Gasteiger partial charge in [-0.1, -0.05) is 5.16 Å². The second-order valence-electron chi connectivity index (χ2n) is 4.93. The molecule has 0 saturated carbocycles. The Morgan fingerprint density at radius 1 is 1.38 bits per heavy atom. The van der Waals surface area contributed by atoms with Crippen molar-refractivity contribution in [3.63, 3.8) is 0 Å². The summed E-state index contributed by atoms with van der Waals surface area (Å²) in [4.78, 5) is 20.8. The smallest absolute Gasteiger partial charge is 0.254 e. The summed E-state index contributed by atoms with van der Waals surface area (Å²) in [6.07, 6.45) is 5.50. The Morgan fingerprint density at radius 3 is 3.04 bits per heavy atom. The van der Waals surface area contributed by atoms with Crippen molar-refractivity contribution in [1.29, 1.82) is 0 Å². The van der Waals surface area contributed by atoms with Gasteiger partial charge in [-0.25, -0.2) is 4.98 Å². The Labute approximate surface area is 143 Å². The molecule has 3 rings (SSSR count). The van der Waals surface area contributed by atoms with Gasteiger partial charge in [-0.3, -0.25) is 4.79 Å². The molecule has 124 valence electrons. The van der Waals surface area contributed by atoms with E-state index in [0.717, 1.165) is 12.2 Å². The van der Waals surface area contributed by atoms with Crippen LogP contribution in [0.2, 0.25) is 0 Å². The number of hydrogen-bond donors (Lipinski definition) is 1. The zero-order chi connectivity index (χ0) is 16.9. The van der Waals surface area contributed by atoms with Crippen molar-refractivity contribution in [1.82, 2.24) is 25.0 Å². The molecule has 3 aromatic heterocycles. The second-order valence-corrected chi connectivity index (χ2v) is 5.73. The van der Waals surface area contributed by atoms with Crippen molar-refractivity contribution in [2.75, 3.05) is 6.26 Å². The maximum absolute atomic E-state index is 12.3. The summed E-state index contributed by atoms with van der Waals surface area (Å²) in [6.45, 7) is 3.03. The quantitative estimate of drug-likeness (QED) is 0.693. The average Bonchev–Trinajstić information content (AvgIpc) is 3.28. The number of aromatic nitrogens is 4. The number of thioether (sulfide) groups is 1. The van der Waals surface area contributed by atoms with Crippen LogP contribution in [0.15, 0.2) is 46.2 Å². The van der Waals surface area contributed by atoms with Crippen LogP contribution in [0, 0.1) is 0 Å². The van der Waals surface area contributed by atoms with E-state index in [1.54, 1.807) is 18.3 Å². The van der Waals surface area contributed by atoms with E-state index in [4.69, 9.17) is 4.52 Å². The Bertz CT molecular complexity index is 842. The minimum atomic E-state index is -0.218. The summed E-state index contributed by atoms with van der Waals surface area (Å²) in [7, 11) is 0. The first-order chi connectivity index (χ1) is 11.7. The molecular weight excluding hydrogens is 326 g/mol. The molecule has 1 amide bonds. The molecule has 0 bridgehead atoms. The molecule has 0 fully saturated rings. The number of nitrogens with one attached hydrogen (secondary N) is 1. The van der Waals surface area contributed by atoms with Crippen LogP contribution in [-0.2, 0) is 13.1 Å². The predicted octanol–water partition coefficient (Wildman–Crippen LogP) is 2.60. The highest BCUT2D eigenvalue weighted by molar-refractivity contribution is 7.98. The Kier molecular flexibility index (Phi) is 4.95. The summed E-state index contributed by atoms with van der Waals surface area (Å²) in [5.74, 6) is 0.651. The third-order valence-electron chi connectivity index (χ3n) is 3.48. The lowest BCUT2D eigenvalue weighted by molar-refractivity contribution is 0.0942. The number of carbonyl (C=O) groups excluding carboxylic acids is 1. The van der Waals surface area contributed by atoms with Crippen molar-refractivity contribution < 1.29 is 9.32 Å². The van der Waals surface area contributed by atoms with E-state index in [2.05, 4.69) is 20.4 Å². The van der Waals surface area contributed by atoms with Gasteiger partial charge < -0.3 is 14.4 Å². The summed E-state index contributed by atoms with van der Waals surface area (Å²) >= 11 is 1.43. The van der Waals surface area contributed by atoms with Crippen molar-refractivity contribution in [2.45, 2.75) is 25.0 Å². The zero-order valence-corrected chi connectivity index (χ0v) is 14.2. The fourth-order valence-electron chi connectivity index (χ4n) is 2.30. The number of aryl methyl sites for hydroxylation is 1. The number of amides is 1. The average molecular weight is 343 g/mol. The van der Waals surface area contributed by atoms with Crippen LogP contribution in [0.1, 0.15) is 23.2 Å². The van der Waals surface area contributed by atoms with Crippen LogP contribution < -0.4 is 5.32 Å². The first kappa shape index (κ1) is 16.3. The number of rotatable bonds is 6. The van der Waals surface area contributed by atoms with Gasteiger partial charge in [0.25, 0.3) is 5.91 Å². The molecule has 8 heteroatoms. The zero-order valence-electron chi connectivity index (χ0n) is 13.4. The van der Waals surface area contributed by atoms with Gasteiger partial charge >= 0.3 is 0 Å². The van der Waals surface area contributed by atoms with Gasteiger partial charge in [-0.05, 0) is 37.4 Å². The number of pyridine rings is 1. The standard InChI is InChI=1S/C16H17N5O2S/c1-3-21-9-5-7-12(21)14-19-13(23-20-14)10-18-15(22)11-6-4-8-17-16(11)24-2/h4-9H,3,10H2,1-2H3,(H,18,22). The topological polar surface area (TPSA) is 85.8 Å². The highest BCUT2D eigenvalue weighted by atomic mass is 32.2. The Hall–Kier alpha value is -2.61. The third-order valence-corrected chi connectivity index (χ3v) is 4.19. The van der Waals surface area contributed by atoms with Crippen molar-refractivity contribution in [3.8, 4) is 11.5 Å². The molecule has 3 heterocycles. The highest BCUT2D eigenvalue weighted by Gasteiger charge is 2.15. The Morgan fingerprint density at radius 2 is 2.25 bits per heavy atom. The number of carbonyl (C=O) groups is 1. The molecule has 0 spiro atoms. The molecule has 24 heavy (non-hydrogen) atoms. The SMILES string of the molecule is CCn1cccc1-c1noc(CNC(=O)c2cccnc2SC)n1. The van der Waals surface area contributed by atoms with Crippen LogP contribution in [-0.4, -0.2) is 31.9 Å². The highest BCUT2D eigenvalue weighted by Crippen LogP contribution is 2.18. The third kappa shape index (κ3) is 3.33. The van der Waals surface area contributed by atoms with Gasteiger partial charge in [-0.15, -0.1) is 11.8 Å². The van der Waals surface area contributed by atoms with E-state index in [0.29, 0.717) is 22.3 Å². The van der Waals surface area contributed by atoms with Crippen LogP contribution in [0.3, 0.4) is 0 Å². The van der Waals surface area contributed by atoms with Crippen LogP contribution in [0.25, 0.3) is 11.5 Å². The summed E-state index contributed by atoms with van der Waals surface area (Å²) in [5.41, 5.74) is 1.42. The molecule has 0 atom stereocenters. The van der Waals surface area contributed by atoms with E-state index in [-0.39, 0.29) is 12.5 Å². The molecular formula is C16H17N5O2S. The lowest BCUT2D eigenvalue weighted by Crippen LogP contribution is -2.23. The normalized spacial score (nSPS) is 10.8. The van der Waals surface area contributed by atoms with E-state index in [9.17, 15) is 4.79 Å². The first-order valence-corrected chi connectivity index (χ1v) is 8.70. The van der Waals surface area contributed by atoms with E-state index < -0.39 is 0 Å². The maximum Gasteiger partial charge on any atom is 0.254 e. The second kappa shape index (κ2) is 7.31. The fraction of sp³-hybridized carbons (Fsp3) is 0.250. The molecule has 3 aromatic rings. The molecule has 0 aliphatic heterocycles. The lowest BCUT2D eigenvalue weighted by atomic mass is 10.2. The number of nitrogens with zero attached hydrogens (tertiary/aromatic N) is 4. The van der Waals surface area contributed by atoms with Gasteiger partial charge in [0.1, 0.15) is 5.03 Å².